The Morgan fingerprint density at radius 1 is 1.18 bits per heavy atom. The zero-order chi connectivity index (χ0) is 11.8. The largest absolute Gasteiger partial charge is 0.336 e. The Morgan fingerprint density at radius 2 is 2.06 bits per heavy atom. The van der Waals surface area contributed by atoms with Crippen molar-refractivity contribution in [3.8, 4) is 11.3 Å². The molecule has 0 unspecified atom stereocenters. The van der Waals surface area contributed by atoms with E-state index in [0.29, 0.717) is 0 Å². The van der Waals surface area contributed by atoms with Crippen LogP contribution in [0.15, 0.2) is 36.8 Å². The molecule has 4 heteroatoms. The quantitative estimate of drug-likeness (QED) is 0.637. The number of aryl methyl sites for hydroxylation is 2. The summed E-state index contributed by atoms with van der Waals surface area (Å²) in [6, 6.07) is 6.06. The van der Waals surface area contributed by atoms with Crippen molar-refractivity contribution in [1.29, 1.82) is 0 Å². The first kappa shape index (κ1) is 9.96. The van der Waals surface area contributed by atoms with Gasteiger partial charge in [0.05, 0.1) is 5.69 Å². The second kappa shape index (κ2) is 3.66. The molecule has 0 saturated heterocycles. The highest BCUT2D eigenvalue weighted by atomic mass is 15.0. The second-order valence-electron chi connectivity index (χ2n) is 4.05. The molecule has 3 rings (SSSR count). The Kier molecular flexibility index (Phi) is 2.14. The minimum Gasteiger partial charge on any atom is -0.336 e. The van der Waals surface area contributed by atoms with E-state index >= 15 is 0 Å². The van der Waals surface area contributed by atoms with E-state index in [-0.39, 0.29) is 0 Å². The van der Waals surface area contributed by atoms with E-state index < -0.39 is 0 Å². The van der Waals surface area contributed by atoms with Gasteiger partial charge in [-0.2, -0.15) is 0 Å². The fourth-order valence-corrected chi connectivity index (χ4v) is 1.91. The number of rotatable bonds is 1. The smallest absolute Gasteiger partial charge is 0.139 e. The molecule has 0 bridgehead atoms. The van der Waals surface area contributed by atoms with Crippen LogP contribution in [-0.2, 0) is 7.05 Å². The summed E-state index contributed by atoms with van der Waals surface area (Å²) < 4.78 is 2.00. The molecule has 0 fully saturated rings. The minimum absolute atomic E-state index is 0.774. The van der Waals surface area contributed by atoms with Crippen LogP contribution in [0.3, 0.4) is 0 Å². The van der Waals surface area contributed by atoms with Gasteiger partial charge in [-0.05, 0) is 25.1 Å². The molecule has 0 spiro atoms. The molecule has 0 saturated carbocycles. The number of nitrogens with zero attached hydrogens (tertiary/aromatic N) is 4. The highest BCUT2D eigenvalue weighted by Gasteiger charge is 2.04. The summed E-state index contributed by atoms with van der Waals surface area (Å²) in [4.78, 5) is 12.9. The van der Waals surface area contributed by atoms with Crippen LogP contribution in [0.4, 0.5) is 0 Å². The van der Waals surface area contributed by atoms with Crippen LogP contribution >= 0.6 is 0 Å². The Bertz CT molecular complexity index is 685. The summed E-state index contributed by atoms with van der Waals surface area (Å²) >= 11 is 0. The molecule has 0 amide bonds. The van der Waals surface area contributed by atoms with E-state index in [1.54, 1.807) is 6.20 Å². The van der Waals surface area contributed by atoms with Crippen LogP contribution in [0, 0.1) is 6.92 Å². The van der Waals surface area contributed by atoms with Gasteiger partial charge >= 0.3 is 0 Å². The number of aromatic nitrogens is 4. The summed E-state index contributed by atoms with van der Waals surface area (Å²) in [6.45, 7) is 1.89. The van der Waals surface area contributed by atoms with Crippen LogP contribution < -0.4 is 0 Å². The van der Waals surface area contributed by atoms with Crippen LogP contribution in [0.25, 0.3) is 22.3 Å². The lowest BCUT2D eigenvalue weighted by Gasteiger charge is -2.02. The van der Waals surface area contributed by atoms with Gasteiger partial charge in [-0.3, -0.25) is 0 Å². The summed E-state index contributed by atoms with van der Waals surface area (Å²) in [5.41, 5.74) is 2.92. The standard InChI is InChI=1S/C13H12N4/c1-9-14-5-3-12(16-9)11-7-10-4-6-17(2)13(10)15-8-11/h3-8H,1-2H3. The molecule has 0 aromatic carbocycles. The highest BCUT2D eigenvalue weighted by molar-refractivity contribution is 5.81. The molecule has 0 atom stereocenters. The molecule has 4 nitrogen and oxygen atoms in total. The van der Waals surface area contributed by atoms with Gasteiger partial charge in [0.2, 0.25) is 0 Å². The van der Waals surface area contributed by atoms with E-state index in [9.17, 15) is 0 Å². The third-order valence-electron chi connectivity index (χ3n) is 2.78. The van der Waals surface area contributed by atoms with Crippen LogP contribution in [0.2, 0.25) is 0 Å². The van der Waals surface area contributed by atoms with E-state index in [0.717, 1.165) is 28.1 Å². The van der Waals surface area contributed by atoms with Crippen molar-refractivity contribution in [2.75, 3.05) is 0 Å². The van der Waals surface area contributed by atoms with E-state index in [1.807, 2.05) is 37.0 Å². The van der Waals surface area contributed by atoms with Gasteiger partial charge < -0.3 is 4.57 Å². The maximum Gasteiger partial charge on any atom is 0.139 e. The van der Waals surface area contributed by atoms with E-state index in [4.69, 9.17) is 0 Å². The second-order valence-corrected chi connectivity index (χ2v) is 4.05. The van der Waals surface area contributed by atoms with Crippen molar-refractivity contribution in [2.24, 2.45) is 7.05 Å². The monoisotopic (exact) mass is 224 g/mol. The van der Waals surface area contributed by atoms with Gasteiger partial charge in [-0.25, -0.2) is 15.0 Å². The number of hydrogen-bond acceptors (Lipinski definition) is 3. The Labute approximate surface area is 99.0 Å². The molecule has 0 aliphatic rings. The lowest BCUT2D eigenvalue weighted by Crippen LogP contribution is -1.92. The maximum atomic E-state index is 4.45. The van der Waals surface area contributed by atoms with Gasteiger partial charge in [0.1, 0.15) is 11.5 Å². The number of hydrogen-bond donors (Lipinski definition) is 0. The predicted molar refractivity (Wildman–Crippen MR) is 66.5 cm³/mol. The fraction of sp³-hybridized carbons (Fsp3) is 0.154. The van der Waals surface area contributed by atoms with Crippen LogP contribution in [0.5, 0.6) is 0 Å². The summed E-state index contributed by atoms with van der Waals surface area (Å²) in [5.74, 6) is 0.774. The molecule has 0 N–H and O–H groups in total. The Balaban J connectivity index is 2.18. The normalized spacial score (nSPS) is 10.9. The first-order valence-electron chi connectivity index (χ1n) is 5.45. The zero-order valence-corrected chi connectivity index (χ0v) is 9.75. The third kappa shape index (κ3) is 1.67. The predicted octanol–water partition coefficient (Wildman–Crippen LogP) is 2.34. The van der Waals surface area contributed by atoms with Gasteiger partial charge in [-0.1, -0.05) is 0 Å². The average Bonchev–Trinajstić information content (AvgIpc) is 2.71. The van der Waals surface area contributed by atoms with Gasteiger partial charge in [0.25, 0.3) is 0 Å². The zero-order valence-electron chi connectivity index (χ0n) is 9.75. The Morgan fingerprint density at radius 3 is 2.88 bits per heavy atom. The Hall–Kier alpha value is -2.23. The van der Waals surface area contributed by atoms with Crippen LogP contribution in [-0.4, -0.2) is 19.5 Å². The molecule has 3 heterocycles. The molecular formula is C13H12N4. The summed E-state index contributed by atoms with van der Waals surface area (Å²) in [7, 11) is 1.99. The third-order valence-corrected chi connectivity index (χ3v) is 2.78. The molecule has 0 radical (unpaired) electrons. The van der Waals surface area contributed by atoms with Gasteiger partial charge in [-0.15, -0.1) is 0 Å². The first-order valence-corrected chi connectivity index (χ1v) is 5.45. The van der Waals surface area contributed by atoms with E-state index in [2.05, 4.69) is 27.1 Å². The van der Waals surface area contributed by atoms with Crippen molar-refractivity contribution >= 4 is 11.0 Å². The van der Waals surface area contributed by atoms with Crippen molar-refractivity contribution in [1.82, 2.24) is 19.5 Å². The number of pyridine rings is 1. The molecular weight excluding hydrogens is 212 g/mol. The lowest BCUT2D eigenvalue weighted by atomic mass is 10.2. The first-order chi connectivity index (χ1) is 8.24. The van der Waals surface area contributed by atoms with E-state index in [1.165, 1.54) is 0 Å². The molecule has 0 aliphatic carbocycles. The molecule has 84 valence electrons. The van der Waals surface area contributed by atoms with Gasteiger partial charge in [0.15, 0.2) is 0 Å². The molecule has 3 aromatic heterocycles. The fourth-order valence-electron chi connectivity index (χ4n) is 1.91. The van der Waals surface area contributed by atoms with Crippen molar-refractivity contribution in [2.45, 2.75) is 6.92 Å². The maximum absolute atomic E-state index is 4.45. The highest BCUT2D eigenvalue weighted by Crippen LogP contribution is 2.21. The minimum atomic E-state index is 0.774. The molecule has 17 heavy (non-hydrogen) atoms. The molecule has 0 aliphatic heterocycles. The van der Waals surface area contributed by atoms with Crippen molar-refractivity contribution in [3.05, 3.63) is 42.6 Å². The molecule has 3 aromatic rings. The number of fused-ring (bicyclic) bond motifs is 1. The van der Waals surface area contributed by atoms with Crippen molar-refractivity contribution in [3.63, 3.8) is 0 Å². The van der Waals surface area contributed by atoms with Gasteiger partial charge in [0, 0.05) is 36.6 Å². The topological polar surface area (TPSA) is 43.6 Å². The van der Waals surface area contributed by atoms with Crippen LogP contribution in [0.1, 0.15) is 5.82 Å². The lowest BCUT2D eigenvalue weighted by molar-refractivity contribution is 0.948. The summed E-state index contributed by atoms with van der Waals surface area (Å²) in [6.07, 6.45) is 5.63. The van der Waals surface area contributed by atoms with Crippen molar-refractivity contribution < 1.29 is 0 Å². The SMILES string of the molecule is Cc1nccc(-c2cnc3c(ccn3C)c2)n1. The summed E-state index contributed by atoms with van der Waals surface area (Å²) in [5, 5.41) is 1.13. The average molecular weight is 224 g/mol.